The maximum atomic E-state index is 12.4. The summed E-state index contributed by atoms with van der Waals surface area (Å²) in [7, 11) is 1.39. The van der Waals surface area contributed by atoms with Crippen LogP contribution in [0.25, 0.3) is 0 Å². The number of carboxylic acids is 1. The topological polar surface area (TPSA) is 87.1 Å². The first kappa shape index (κ1) is 14.2. The van der Waals surface area contributed by atoms with E-state index in [9.17, 15) is 14.7 Å². The Kier molecular flexibility index (Phi) is 4.12. The van der Waals surface area contributed by atoms with E-state index in [4.69, 9.17) is 9.84 Å². The lowest BCUT2D eigenvalue weighted by molar-refractivity contribution is -0.137. The standard InChI is InChI=1S/C14H17NO5/c1-20-11-4-2-3-10(13(11)18)14(19)15(8-12(16)17)7-9-5-6-9/h2-4,9,18H,5-8H2,1H3,(H,16,17). The fourth-order valence-electron chi connectivity index (χ4n) is 2.02. The first-order valence-corrected chi connectivity index (χ1v) is 6.40. The molecule has 0 aromatic heterocycles. The van der Waals surface area contributed by atoms with E-state index in [1.54, 1.807) is 6.07 Å². The van der Waals surface area contributed by atoms with E-state index in [1.807, 2.05) is 0 Å². The van der Waals surface area contributed by atoms with E-state index in [0.29, 0.717) is 12.5 Å². The average molecular weight is 279 g/mol. The van der Waals surface area contributed by atoms with Gasteiger partial charge < -0.3 is 19.8 Å². The van der Waals surface area contributed by atoms with Gasteiger partial charge in [0.1, 0.15) is 6.54 Å². The smallest absolute Gasteiger partial charge is 0.323 e. The molecule has 0 spiro atoms. The van der Waals surface area contributed by atoms with Crippen molar-refractivity contribution in [1.82, 2.24) is 4.90 Å². The fourth-order valence-corrected chi connectivity index (χ4v) is 2.02. The summed E-state index contributed by atoms with van der Waals surface area (Å²) in [6, 6.07) is 4.58. The fraction of sp³-hybridized carbons (Fsp3) is 0.429. The molecule has 0 radical (unpaired) electrons. The van der Waals surface area contributed by atoms with Crippen LogP contribution in [0.2, 0.25) is 0 Å². The van der Waals surface area contributed by atoms with E-state index >= 15 is 0 Å². The van der Waals surface area contributed by atoms with Crippen LogP contribution in [-0.4, -0.2) is 47.2 Å². The van der Waals surface area contributed by atoms with Gasteiger partial charge in [-0.3, -0.25) is 9.59 Å². The van der Waals surface area contributed by atoms with E-state index in [1.165, 1.54) is 24.1 Å². The predicted octanol–water partition coefficient (Wildman–Crippen LogP) is 1.34. The number of carbonyl (C=O) groups excluding carboxylic acids is 1. The first-order valence-electron chi connectivity index (χ1n) is 6.40. The summed E-state index contributed by atoms with van der Waals surface area (Å²) in [4.78, 5) is 24.5. The van der Waals surface area contributed by atoms with E-state index in [0.717, 1.165) is 12.8 Å². The zero-order chi connectivity index (χ0) is 14.7. The van der Waals surface area contributed by atoms with Crippen molar-refractivity contribution in [1.29, 1.82) is 0 Å². The van der Waals surface area contributed by atoms with Crippen LogP contribution in [0.4, 0.5) is 0 Å². The molecule has 0 atom stereocenters. The molecular weight excluding hydrogens is 262 g/mol. The van der Waals surface area contributed by atoms with Crippen molar-refractivity contribution in [2.45, 2.75) is 12.8 Å². The second-order valence-electron chi connectivity index (χ2n) is 4.88. The molecule has 1 saturated carbocycles. The Balaban J connectivity index is 2.23. The number of carbonyl (C=O) groups is 2. The number of benzene rings is 1. The Hall–Kier alpha value is -2.24. The molecule has 108 valence electrons. The number of rotatable bonds is 6. The SMILES string of the molecule is COc1cccc(C(=O)N(CC(=O)O)CC2CC2)c1O. The van der Waals surface area contributed by atoms with Crippen molar-refractivity contribution in [2.75, 3.05) is 20.2 Å². The molecule has 1 aliphatic rings. The highest BCUT2D eigenvalue weighted by molar-refractivity contribution is 5.99. The maximum Gasteiger partial charge on any atom is 0.323 e. The molecule has 1 fully saturated rings. The number of nitrogens with zero attached hydrogens (tertiary/aromatic N) is 1. The molecule has 2 rings (SSSR count). The van der Waals surface area contributed by atoms with E-state index < -0.39 is 11.9 Å². The van der Waals surface area contributed by atoms with Gasteiger partial charge >= 0.3 is 5.97 Å². The van der Waals surface area contributed by atoms with Gasteiger partial charge in [0.25, 0.3) is 5.91 Å². The largest absolute Gasteiger partial charge is 0.504 e. The molecule has 0 saturated heterocycles. The molecule has 0 unspecified atom stereocenters. The number of para-hydroxylation sites is 1. The number of phenolic OH excluding ortho intramolecular Hbond substituents is 1. The number of aromatic hydroxyl groups is 1. The van der Waals surface area contributed by atoms with Gasteiger partial charge in [0.2, 0.25) is 0 Å². The third kappa shape index (κ3) is 3.20. The number of carboxylic acid groups (broad SMARTS) is 1. The van der Waals surface area contributed by atoms with Crippen molar-refractivity contribution in [3.63, 3.8) is 0 Å². The van der Waals surface area contributed by atoms with Crippen LogP contribution in [0.3, 0.4) is 0 Å². The number of amides is 1. The van der Waals surface area contributed by atoms with Crippen LogP contribution < -0.4 is 4.74 Å². The minimum absolute atomic E-state index is 0.0613. The van der Waals surface area contributed by atoms with Crippen molar-refractivity contribution in [2.24, 2.45) is 5.92 Å². The third-order valence-electron chi connectivity index (χ3n) is 3.24. The molecule has 0 bridgehead atoms. The molecule has 2 N–H and O–H groups in total. The zero-order valence-electron chi connectivity index (χ0n) is 11.2. The monoisotopic (exact) mass is 279 g/mol. The van der Waals surface area contributed by atoms with Gasteiger partial charge in [-0.15, -0.1) is 0 Å². The molecule has 0 aliphatic heterocycles. The molecule has 1 aromatic rings. The van der Waals surface area contributed by atoms with Crippen LogP contribution >= 0.6 is 0 Å². The highest BCUT2D eigenvalue weighted by Gasteiger charge is 2.29. The van der Waals surface area contributed by atoms with Crippen LogP contribution in [0.1, 0.15) is 23.2 Å². The van der Waals surface area contributed by atoms with Crippen molar-refractivity contribution in [3.8, 4) is 11.5 Å². The Bertz CT molecular complexity index is 524. The Morgan fingerprint density at radius 2 is 2.10 bits per heavy atom. The lowest BCUT2D eigenvalue weighted by atomic mass is 10.1. The summed E-state index contributed by atoms with van der Waals surface area (Å²) in [5, 5.41) is 18.9. The first-order chi connectivity index (χ1) is 9.52. The summed E-state index contributed by atoms with van der Waals surface area (Å²) in [6.07, 6.45) is 2.01. The van der Waals surface area contributed by atoms with Crippen molar-refractivity contribution in [3.05, 3.63) is 23.8 Å². The molecule has 1 aromatic carbocycles. The Morgan fingerprint density at radius 1 is 1.40 bits per heavy atom. The molecule has 1 amide bonds. The van der Waals surface area contributed by atoms with Gasteiger partial charge in [-0.25, -0.2) is 0 Å². The lowest BCUT2D eigenvalue weighted by Gasteiger charge is -2.21. The van der Waals surface area contributed by atoms with Crippen LogP contribution in [0, 0.1) is 5.92 Å². The minimum atomic E-state index is -1.07. The minimum Gasteiger partial charge on any atom is -0.504 e. The number of hydrogen-bond acceptors (Lipinski definition) is 4. The third-order valence-corrected chi connectivity index (χ3v) is 3.24. The lowest BCUT2D eigenvalue weighted by Crippen LogP contribution is -2.37. The average Bonchev–Trinajstić information content (AvgIpc) is 3.21. The second-order valence-corrected chi connectivity index (χ2v) is 4.88. The highest BCUT2D eigenvalue weighted by atomic mass is 16.5. The predicted molar refractivity (Wildman–Crippen MR) is 70.9 cm³/mol. The zero-order valence-corrected chi connectivity index (χ0v) is 11.2. The van der Waals surface area contributed by atoms with E-state index in [-0.39, 0.29) is 23.6 Å². The number of hydrogen-bond donors (Lipinski definition) is 2. The Labute approximate surface area is 116 Å². The van der Waals surface area contributed by atoms with Gasteiger partial charge in [0.15, 0.2) is 11.5 Å². The summed E-state index contributed by atoms with van der Waals surface area (Å²) >= 11 is 0. The van der Waals surface area contributed by atoms with Gasteiger partial charge in [0.05, 0.1) is 12.7 Å². The van der Waals surface area contributed by atoms with Gasteiger partial charge in [-0.1, -0.05) is 6.07 Å². The normalized spacial score (nSPS) is 13.8. The summed E-state index contributed by atoms with van der Waals surface area (Å²) in [6.45, 7) is 0.0355. The molecular formula is C14H17NO5. The summed E-state index contributed by atoms with van der Waals surface area (Å²) in [5.74, 6) is -1.26. The Morgan fingerprint density at radius 3 is 2.65 bits per heavy atom. The molecule has 1 aliphatic carbocycles. The number of methoxy groups -OCH3 is 1. The van der Waals surface area contributed by atoms with Gasteiger partial charge in [0, 0.05) is 6.54 Å². The van der Waals surface area contributed by atoms with Crippen molar-refractivity contribution < 1.29 is 24.5 Å². The second kappa shape index (κ2) is 5.81. The number of ether oxygens (including phenoxy) is 1. The summed E-state index contributed by atoms with van der Waals surface area (Å²) in [5.41, 5.74) is 0.0613. The molecule has 0 heterocycles. The molecule has 20 heavy (non-hydrogen) atoms. The van der Waals surface area contributed by atoms with Gasteiger partial charge in [-0.05, 0) is 30.9 Å². The maximum absolute atomic E-state index is 12.4. The molecule has 6 nitrogen and oxygen atoms in total. The van der Waals surface area contributed by atoms with Crippen molar-refractivity contribution >= 4 is 11.9 Å². The number of phenols is 1. The van der Waals surface area contributed by atoms with Crippen LogP contribution in [-0.2, 0) is 4.79 Å². The highest BCUT2D eigenvalue weighted by Crippen LogP contribution is 2.33. The van der Waals surface area contributed by atoms with Crippen LogP contribution in [0.15, 0.2) is 18.2 Å². The van der Waals surface area contributed by atoms with Gasteiger partial charge in [-0.2, -0.15) is 0 Å². The van der Waals surface area contributed by atoms with Crippen LogP contribution in [0.5, 0.6) is 11.5 Å². The van der Waals surface area contributed by atoms with E-state index in [2.05, 4.69) is 0 Å². The molecule has 6 heteroatoms. The summed E-state index contributed by atoms with van der Waals surface area (Å²) < 4.78 is 4.95. The quantitative estimate of drug-likeness (QED) is 0.820. The number of aliphatic carboxylic acids is 1.